The van der Waals surface area contributed by atoms with Crippen molar-refractivity contribution in [2.75, 3.05) is 11.9 Å². The summed E-state index contributed by atoms with van der Waals surface area (Å²) in [4.78, 5) is 13.6. The van der Waals surface area contributed by atoms with Crippen molar-refractivity contribution in [3.63, 3.8) is 0 Å². The molecule has 1 unspecified atom stereocenters. The Kier molecular flexibility index (Phi) is 2.08. The zero-order valence-electron chi connectivity index (χ0n) is 9.19. The maximum Gasteiger partial charge on any atom is 0.235 e. The second kappa shape index (κ2) is 3.07. The molecule has 0 saturated heterocycles. The quantitative estimate of drug-likeness (QED) is 0.700. The van der Waals surface area contributed by atoms with Gasteiger partial charge in [-0.3, -0.25) is 4.79 Å². The van der Waals surface area contributed by atoms with Crippen molar-refractivity contribution in [2.45, 2.75) is 20.0 Å². The first-order valence-electron chi connectivity index (χ1n) is 5.01. The number of para-hydroxylation sites is 1. The lowest BCUT2D eigenvalue weighted by Gasteiger charge is -2.40. The predicted octanol–water partition coefficient (Wildman–Crippen LogP) is 1.72. The summed E-state index contributed by atoms with van der Waals surface area (Å²) in [5.74, 6) is -0.0475. The van der Waals surface area contributed by atoms with E-state index in [1.54, 1.807) is 25.8 Å². The molecule has 3 nitrogen and oxygen atoms in total. The standard InChI is InChI=1S/C12H15NO2/c1-12(2)10(14)8-6-4-5-7-9(8)13(3)11(12)15/h4-7,10,14H,1-3H3. The van der Waals surface area contributed by atoms with Crippen molar-refractivity contribution in [2.24, 2.45) is 5.41 Å². The molecule has 0 aromatic heterocycles. The van der Waals surface area contributed by atoms with Crippen LogP contribution >= 0.6 is 0 Å². The minimum Gasteiger partial charge on any atom is -0.387 e. The summed E-state index contributed by atoms with van der Waals surface area (Å²) < 4.78 is 0. The van der Waals surface area contributed by atoms with Crippen LogP contribution < -0.4 is 4.90 Å². The van der Waals surface area contributed by atoms with E-state index in [1.165, 1.54) is 0 Å². The molecule has 15 heavy (non-hydrogen) atoms. The van der Waals surface area contributed by atoms with Gasteiger partial charge in [0.15, 0.2) is 0 Å². The van der Waals surface area contributed by atoms with Gasteiger partial charge in [0, 0.05) is 18.3 Å². The summed E-state index contributed by atoms with van der Waals surface area (Å²) >= 11 is 0. The normalized spacial score (nSPS) is 23.9. The Labute approximate surface area is 89.3 Å². The number of anilines is 1. The Morgan fingerprint density at radius 2 is 1.93 bits per heavy atom. The highest BCUT2D eigenvalue weighted by molar-refractivity contribution is 6.00. The largest absolute Gasteiger partial charge is 0.387 e. The number of aliphatic hydroxyl groups is 1. The fourth-order valence-corrected chi connectivity index (χ4v) is 2.07. The van der Waals surface area contributed by atoms with Crippen molar-refractivity contribution in [3.05, 3.63) is 29.8 Å². The van der Waals surface area contributed by atoms with E-state index in [1.807, 2.05) is 24.3 Å². The van der Waals surface area contributed by atoms with Gasteiger partial charge in [-0.05, 0) is 19.9 Å². The van der Waals surface area contributed by atoms with E-state index >= 15 is 0 Å². The zero-order valence-corrected chi connectivity index (χ0v) is 9.19. The van der Waals surface area contributed by atoms with Gasteiger partial charge in [0.1, 0.15) is 0 Å². The number of nitrogens with zero attached hydrogens (tertiary/aromatic N) is 1. The molecule has 0 radical (unpaired) electrons. The molecule has 1 aromatic carbocycles. The monoisotopic (exact) mass is 205 g/mol. The van der Waals surface area contributed by atoms with Gasteiger partial charge < -0.3 is 10.0 Å². The van der Waals surface area contributed by atoms with Crippen LogP contribution in [0, 0.1) is 5.41 Å². The summed E-state index contributed by atoms with van der Waals surface area (Å²) in [6.07, 6.45) is -0.725. The SMILES string of the molecule is CN1C(=O)C(C)(C)C(O)c2ccccc21. The van der Waals surface area contributed by atoms with E-state index < -0.39 is 11.5 Å². The first-order chi connectivity index (χ1) is 6.96. The van der Waals surface area contributed by atoms with Crippen LogP contribution in [-0.2, 0) is 4.79 Å². The van der Waals surface area contributed by atoms with Gasteiger partial charge in [-0.25, -0.2) is 0 Å². The van der Waals surface area contributed by atoms with E-state index in [-0.39, 0.29) is 5.91 Å². The van der Waals surface area contributed by atoms with E-state index in [4.69, 9.17) is 0 Å². The Morgan fingerprint density at radius 1 is 1.33 bits per heavy atom. The van der Waals surface area contributed by atoms with E-state index in [2.05, 4.69) is 0 Å². The molecule has 3 heteroatoms. The molecule has 2 rings (SSSR count). The minimum absolute atomic E-state index is 0.0475. The lowest BCUT2D eigenvalue weighted by molar-refractivity contribution is -0.133. The molecule has 0 aliphatic carbocycles. The van der Waals surface area contributed by atoms with Crippen molar-refractivity contribution < 1.29 is 9.90 Å². The molecule has 80 valence electrons. The highest BCUT2D eigenvalue weighted by Crippen LogP contribution is 2.43. The van der Waals surface area contributed by atoms with E-state index in [0.29, 0.717) is 0 Å². The molecule has 1 aliphatic rings. The summed E-state index contributed by atoms with van der Waals surface area (Å²) in [7, 11) is 1.74. The molecular formula is C12H15NO2. The maximum absolute atomic E-state index is 12.0. The van der Waals surface area contributed by atoms with Crippen molar-refractivity contribution >= 4 is 11.6 Å². The van der Waals surface area contributed by atoms with Crippen LogP contribution in [0.4, 0.5) is 5.69 Å². The third-order valence-electron chi connectivity index (χ3n) is 3.13. The van der Waals surface area contributed by atoms with Crippen molar-refractivity contribution in [3.8, 4) is 0 Å². The molecule has 1 amide bonds. The van der Waals surface area contributed by atoms with Gasteiger partial charge in [0.25, 0.3) is 0 Å². The van der Waals surface area contributed by atoms with Gasteiger partial charge in [0.05, 0.1) is 11.5 Å². The summed E-state index contributed by atoms with van der Waals surface area (Å²) in [6, 6.07) is 7.46. The van der Waals surface area contributed by atoms with E-state index in [9.17, 15) is 9.90 Å². The van der Waals surface area contributed by atoms with Crippen LogP contribution in [0.2, 0.25) is 0 Å². The van der Waals surface area contributed by atoms with Crippen LogP contribution in [0.15, 0.2) is 24.3 Å². The number of hydrogen-bond donors (Lipinski definition) is 1. The van der Waals surface area contributed by atoms with Gasteiger partial charge in [-0.1, -0.05) is 18.2 Å². The Balaban J connectivity index is 2.62. The highest BCUT2D eigenvalue weighted by atomic mass is 16.3. The van der Waals surface area contributed by atoms with Gasteiger partial charge in [-0.15, -0.1) is 0 Å². The number of aliphatic hydroxyl groups excluding tert-OH is 1. The smallest absolute Gasteiger partial charge is 0.235 e. The Hall–Kier alpha value is -1.35. The molecule has 0 fully saturated rings. The van der Waals surface area contributed by atoms with Gasteiger partial charge in [-0.2, -0.15) is 0 Å². The summed E-state index contributed by atoms with van der Waals surface area (Å²) in [6.45, 7) is 3.54. The molecule has 0 bridgehead atoms. The second-order valence-electron chi connectivity index (χ2n) is 4.55. The minimum atomic E-state index is -0.747. The fraction of sp³-hybridized carbons (Fsp3) is 0.417. The van der Waals surface area contributed by atoms with E-state index in [0.717, 1.165) is 11.3 Å². The molecule has 1 aromatic rings. The van der Waals surface area contributed by atoms with Gasteiger partial charge >= 0.3 is 0 Å². The third-order valence-corrected chi connectivity index (χ3v) is 3.13. The number of carbonyl (C=O) groups is 1. The zero-order chi connectivity index (χ0) is 11.2. The third kappa shape index (κ3) is 1.27. The van der Waals surface area contributed by atoms with Crippen LogP contribution in [0.5, 0.6) is 0 Å². The Bertz CT molecular complexity index is 412. The molecule has 1 N–H and O–H groups in total. The van der Waals surface area contributed by atoms with Crippen LogP contribution in [-0.4, -0.2) is 18.1 Å². The number of hydrogen-bond acceptors (Lipinski definition) is 2. The lowest BCUT2D eigenvalue weighted by Crippen LogP contribution is -2.46. The Morgan fingerprint density at radius 3 is 2.60 bits per heavy atom. The number of benzene rings is 1. The average molecular weight is 205 g/mol. The number of fused-ring (bicyclic) bond motifs is 1. The number of rotatable bonds is 0. The topological polar surface area (TPSA) is 40.5 Å². The summed E-state index contributed by atoms with van der Waals surface area (Å²) in [5, 5.41) is 10.1. The number of carbonyl (C=O) groups excluding carboxylic acids is 1. The fourth-order valence-electron chi connectivity index (χ4n) is 2.07. The van der Waals surface area contributed by atoms with Crippen LogP contribution in [0.3, 0.4) is 0 Å². The average Bonchev–Trinajstić information content (AvgIpc) is 2.24. The molecule has 1 aliphatic heterocycles. The number of amides is 1. The van der Waals surface area contributed by atoms with Crippen LogP contribution in [0.1, 0.15) is 25.5 Å². The second-order valence-corrected chi connectivity index (χ2v) is 4.55. The highest BCUT2D eigenvalue weighted by Gasteiger charge is 2.44. The van der Waals surface area contributed by atoms with Crippen LogP contribution in [0.25, 0.3) is 0 Å². The first kappa shape index (κ1) is 10.2. The predicted molar refractivity (Wildman–Crippen MR) is 58.6 cm³/mol. The first-order valence-corrected chi connectivity index (χ1v) is 5.01. The van der Waals surface area contributed by atoms with Crippen molar-refractivity contribution in [1.82, 2.24) is 0 Å². The lowest BCUT2D eigenvalue weighted by atomic mass is 9.77. The molecule has 1 heterocycles. The van der Waals surface area contributed by atoms with Gasteiger partial charge in [0.2, 0.25) is 5.91 Å². The molecule has 1 atom stereocenters. The molecule has 0 spiro atoms. The van der Waals surface area contributed by atoms with Crippen molar-refractivity contribution in [1.29, 1.82) is 0 Å². The maximum atomic E-state index is 12.0. The molecular weight excluding hydrogens is 190 g/mol. The molecule has 0 saturated carbocycles. The summed E-state index contributed by atoms with van der Waals surface area (Å²) in [5.41, 5.74) is 0.877.